The van der Waals surface area contributed by atoms with Crippen LogP contribution in [0.4, 0.5) is 0 Å². The second-order valence-corrected chi connectivity index (χ2v) is 1.81. The molecule has 12 heavy (non-hydrogen) atoms. The van der Waals surface area contributed by atoms with Crippen LogP contribution in [0.5, 0.6) is 5.88 Å². The van der Waals surface area contributed by atoms with Gasteiger partial charge >= 0.3 is 0 Å². The first-order valence-electron chi connectivity index (χ1n) is 4.00. The van der Waals surface area contributed by atoms with Crippen LogP contribution in [0.25, 0.3) is 6.08 Å². The molecule has 0 saturated heterocycles. The van der Waals surface area contributed by atoms with E-state index in [1.165, 1.54) is 0 Å². The van der Waals surface area contributed by atoms with Crippen LogP contribution in [-0.2, 0) is 0 Å². The Morgan fingerprint density at radius 3 is 2.58 bits per heavy atom. The van der Waals surface area contributed by atoms with Gasteiger partial charge < -0.3 is 4.74 Å². The highest BCUT2D eigenvalue weighted by molar-refractivity contribution is 5.52. The lowest BCUT2D eigenvalue weighted by Gasteiger charge is -1.99. The molecular weight excluding hydrogens is 150 g/mol. The molecule has 2 nitrogen and oxygen atoms in total. The molecule has 0 saturated carbocycles. The van der Waals surface area contributed by atoms with Crippen molar-refractivity contribution in [2.45, 2.75) is 13.8 Å². The van der Waals surface area contributed by atoms with Crippen molar-refractivity contribution in [1.82, 2.24) is 4.98 Å². The number of aromatic nitrogens is 1. The third kappa shape index (κ3) is 2.74. The van der Waals surface area contributed by atoms with Crippen molar-refractivity contribution < 1.29 is 4.74 Å². The minimum Gasteiger partial charge on any atom is -0.481 e. The molecule has 1 heterocycles. The van der Waals surface area contributed by atoms with Gasteiger partial charge in [-0.3, -0.25) is 0 Å². The average Bonchev–Trinajstić information content (AvgIpc) is 2.20. The zero-order chi connectivity index (χ0) is 9.40. The standard InChI is InChI=1S/C8H9NO.C2H6/c1-3-7-5-4-6-9-8(7)10-2;1-2/h3-6H,1H2,2H3;1-2H3. The fourth-order valence-corrected chi connectivity index (χ4v) is 0.729. The Kier molecular flexibility index (Phi) is 5.70. The lowest BCUT2D eigenvalue weighted by molar-refractivity contribution is 0.397. The maximum Gasteiger partial charge on any atom is 0.220 e. The van der Waals surface area contributed by atoms with E-state index in [1.54, 1.807) is 19.4 Å². The number of nitrogens with zero attached hydrogens (tertiary/aromatic N) is 1. The van der Waals surface area contributed by atoms with E-state index in [1.807, 2.05) is 26.0 Å². The summed E-state index contributed by atoms with van der Waals surface area (Å²) in [6.07, 6.45) is 3.40. The molecule has 1 aromatic heterocycles. The lowest BCUT2D eigenvalue weighted by Crippen LogP contribution is -1.88. The van der Waals surface area contributed by atoms with Gasteiger partial charge in [-0.25, -0.2) is 4.98 Å². The van der Waals surface area contributed by atoms with Crippen LogP contribution in [-0.4, -0.2) is 12.1 Å². The number of hydrogen-bond donors (Lipinski definition) is 0. The van der Waals surface area contributed by atoms with Gasteiger partial charge in [0.05, 0.1) is 7.11 Å². The summed E-state index contributed by atoms with van der Waals surface area (Å²) in [5.41, 5.74) is 0.921. The monoisotopic (exact) mass is 165 g/mol. The highest BCUT2D eigenvalue weighted by Gasteiger charge is 1.95. The second-order valence-electron chi connectivity index (χ2n) is 1.81. The molecule has 1 aromatic rings. The summed E-state index contributed by atoms with van der Waals surface area (Å²) in [4.78, 5) is 3.97. The molecule has 2 heteroatoms. The Labute approximate surface area is 73.9 Å². The predicted molar refractivity (Wildman–Crippen MR) is 52.2 cm³/mol. The molecule has 0 spiro atoms. The van der Waals surface area contributed by atoms with Crippen LogP contribution in [0.2, 0.25) is 0 Å². The van der Waals surface area contributed by atoms with E-state index in [4.69, 9.17) is 4.74 Å². The molecule has 0 amide bonds. The van der Waals surface area contributed by atoms with Gasteiger partial charge in [0.15, 0.2) is 0 Å². The lowest BCUT2D eigenvalue weighted by atomic mass is 10.3. The summed E-state index contributed by atoms with van der Waals surface area (Å²) in [5.74, 6) is 0.623. The first-order valence-corrected chi connectivity index (χ1v) is 4.00. The number of methoxy groups -OCH3 is 1. The summed E-state index contributed by atoms with van der Waals surface area (Å²) in [6.45, 7) is 7.62. The molecule has 0 aliphatic carbocycles. The first kappa shape index (κ1) is 10.7. The van der Waals surface area contributed by atoms with Gasteiger partial charge in [0.2, 0.25) is 5.88 Å². The molecule has 0 atom stereocenters. The van der Waals surface area contributed by atoms with Crippen LogP contribution in [0.15, 0.2) is 24.9 Å². The Bertz CT molecular complexity index is 233. The third-order valence-electron chi connectivity index (χ3n) is 1.21. The Morgan fingerprint density at radius 2 is 2.17 bits per heavy atom. The summed E-state index contributed by atoms with van der Waals surface area (Å²) in [7, 11) is 1.59. The van der Waals surface area contributed by atoms with Crippen molar-refractivity contribution in [3.8, 4) is 5.88 Å². The van der Waals surface area contributed by atoms with Crippen molar-refractivity contribution in [3.63, 3.8) is 0 Å². The molecule has 0 fully saturated rings. The van der Waals surface area contributed by atoms with Crippen molar-refractivity contribution in [2.75, 3.05) is 7.11 Å². The van der Waals surface area contributed by atoms with Gasteiger partial charge in [-0.15, -0.1) is 0 Å². The molecule has 0 radical (unpaired) electrons. The highest BCUT2D eigenvalue weighted by Crippen LogP contribution is 2.13. The van der Waals surface area contributed by atoms with Crippen molar-refractivity contribution in [2.24, 2.45) is 0 Å². The van der Waals surface area contributed by atoms with Gasteiger partial charge in [0, 0.05) is 11.8 Å². The fourth-order valence-electron chi connectivity index (χ4n) is 0.729. The van der Waals surface area contributed by atoms with E-state index in [0.717, 1.165) is 5.56 Å². The van der Waals surface area contributed by atoms with E-state index in [0.29, 0.717) is 5.88 Å². The van der Waals surface area contributed by atoms with Gasteiger partial charge in [-0.2, -0.15) is 0 Å². The predicted octanol–water partition coefficient (Wildman–Crippen LogP) is 2.76. The molecule has 1 rings (SSSR count). The molecule has 0 bridgehead atoms. The summed E-state index contributed by atoms with van der Waals surface area (Å²) in [5, 5.41) is 0. The zero-order valence-electron chi connectivity index (χ0n) is 7.87. The second kappa shape index (κ2) is 6.40. The first-order chi connectivity index (χ1) is 5.88. The fraction of sp³-hybridized carbons (Fsp3) is 0.300. The topological polar surface area (TPSA) is 22.1 Å². The molecule has 0 N–H and O–H groups in total. The normalized spacial score (nSPS) is 7.92. The third-order valence-corrected chi connectivity index (χ3v) is 1.21. The number of ether oxygens (including phenoxy) is 1. The van der Waals surface area contributed by atoms with Crippen molar-refractivity contribution in [3.05, 3.63) is 30.5 Å². The van der Waals surface area contributed by atoms with E-state index in [2.05, 4.69) is 11.6 Å². The highest BCUT2D eigenvalue weighted by atomic mass is 16.5. The zero-order valence-corrected chi connectivity index (χ0v) is 7.87. The molecular formula is C10H15NO. The van der Waals surface area contributed by atoms with Gasteiger partial charge in [0.25, 0.3) is 0 Å². The maximum atomic E-state index is 4.95. The van der Waals surface area contributed by atoms with Crippen molar-refractivity contribution >= 4 is 6.08 Å². The largest absolute Gasteiger partial charge is 0.481 e. The van der Waals surface area contributed by atoms with Crippen LogP contribution >= 0.6 is 0 Å². The van der Waals surface area contributed by atoms with Crippen LogP contribution < -0.4 is 4.74 Å². The number of pyridine rings is 1. The maximum absolute atomic E-state index is 4.95. The van der Waals surface area contributed by atoms with Crippen LogP contribution in [0.3, 0.4) is 0 Å². The van der Waals surface area contributed by atoms with E-state index < -0.39 is 0 Å². The number of rotatable bonds is 2. The molecule has 0 aliphatic rings. The Morgan fingerprint density at radius 1 is 1.50 bits per heavy atom. The van der Waals surface area contributed by atoms with Crippen LogP contribution in [0.1, 0.15) is 19.4 Å². The summed E-state index contributed by atoms with van der Waals surface area (Å²) in [6, 6.07) is 3.75. The van der Waals surface area contributed by atoms with Gasteiger partial charge in [0.1, 0.15) is 0 Å². The SMILES string of the molecule is C=Cc1cccnc1OC.CC. The van der Waals surface area contributed by atoms with Gasteiger partial charge in [-0.1, -0.05) is 26.5 Å². The minimum absolute atomic E-state index is 0.623. The summed E-state index contributed by atoms with van der Waals surface area (Å²) < 4.78 is 4.95. The molecule has 0 unspecified atom stereocenters. The summed E-state index contributed by atoms with van der Waals surface area (Å²) >= 11 is 0. The number of hydrogen-bond acceptors (Lipinski definition) is 2. The van der Waals surface area contributed by atoms with E-state index in [9.17, 15) is 0 Å². The molecule has 66 valence electrons. The smallest absolute Gasteiger partial charge is 0.220 e. The quantitative estimate of drug-likeness (QED) is 0.672. The molecule has 0 aliphatic heterocycles. The Hall–Kier alpha value is -1.31. The van der Waals surface area contributed by atoms with E-state index >= 15 is 0 Å². The van der Waals surface area contributed by atoms with Gasteiger partial charge in [-0.05, 0) is 12.1 Å². The Balaban J connectivity index is 0.000000561. The van der Waals surface area contributed by atoms with E-state index in [-0.39, 0.29) is 0 Å². The average molecular weight is 165 g/mol. The van der Waals surface area contributed by atoms with Crippen LogP contribution in [0, 0.1) is 0 Å². The van der Waals surface area contributed by atoms with Crippen molar-refractivity contribution in [1.29, 1.82) is 0 Å². The minimum atomic E-state index is 0.623. The molecule has 0 aromatic carbocycles.